The number of aromatic nitrogens is 2. The van der Waals surface area contributed by atoms with Crippen LogP contribution in [0.15, 0.2) is 67.3 Å². The van der Waals surface area contributed by atoms with Crippen LogP contribution in [0.4, 0.5) is 5.69 Å². The van der Waals surface area contributed by atoms with E-state index in [4.69, 9.17) is 11.6 Å². The van der Waals surface area contributed by atoms with Gasteiger partial charge in [0, 0.05) is 42.9 Å². The van der Waals surface area contributed by atoms with E-state index in [9.17, 15) is 4.79 Å². The van der Waals surface area contributed by atoms with Crippen molar-refractivity contribution in [3.05, 3.63) is 89.0 Å². The molecule has 0 spiro atoms. The molecule has 6 heteroatoms. The number of amides is 1. The van der Waals surface area contributed by atoms with Crippen molar-refractivity contribution in [2.45, 2.75) is 13.0 Å². The van der Waals surface area contributed by atoms with Crippen LogP contribution in [0.3, 0.4) is 0 Å². The van der Waals surface area contributed by atoms with Gasteiger partial charge in [-0.25, -0.2) is 0 Å². The summed E-state index contributed by atoms with van der Waals surface area (Å²) in [5, 5.41) is 6.89. The number of halogens is 1. The largest absolute Gasteiger partial charge is 0.383 e. The highest BCUT2D eigenvalue weighted by atomic mass is 35.5. The summed E-state index contributed by atoms with van der Waals surface area (Å²) in [5.41, 5.74) is 3.43. The van der Waals surface area contributed by atoms with Crippen LogP contribution in [0.5, 0.6) is 0 Å². The fourth-order valence-corrected chi connectivity index (χ4v) is 2.70. The van der Waals surface area contributed by atoms with Crippen LogP contribution in [0, 0.1) is 0 Å². The molecule has 0 aliphatic rings. The third kappa shape index (κ3) is 5.29. The molecule has 0 saturated heterocycles. The molecule has 1 amide bonds. The highest BCUT2D eigenvalue weighted by molar-refractivity contribution is 6.30. The maximum atomic E-state index is 12.3. The number of pyridine rings is 2. The lowest BCUT2D eigenvalue weighted by molar-refractivity contribution is 0.0950. The highest BCUT2D eigenvalue weighted by Gasteiger charge is 2.07. The molecule has 2 N–H and O–H groups in total. The van der Waals surface area contributed by atoms with Gasteiger partial charge in [-0.2, -0.15) is 0 Å². The van der Waals surface area contributed by atoms with Gasteiger partial charge in [-0.15, -0.1) is 0 Å². The lowest BCUT2D eigenvalue weighted by Crippen LogP contribution is -2.23. The van der Waals surface area contributed by atoms with Gasteiger partial charge in [-0.3, -0.25) is 14.8 Å². The number of anilines is 1. The van der Waals surface area contributed by atoms with Crippen molar-refractivity contribution in [1.82, 2.24) is 15.3 Å². The molecule has 5 nitrogen and oxygen atoms in total. The van der Waals surface area contributed by atoms with E-state index in [-0.39, 0.29) is 5.91 Å². The summed E-state index contributed by atoms with van der Waals surface area (Å²) in [5.74, 6) is -0.167. The lowest BCUT2D eigenvalue weighted by atomic mass is 10.1. The first-order chi connectivity index (χ1) is 12.7. The molecular formula is C20H19ClN4O. The smallest absolute Gasteiger partial charge is 0.253 e. The van der Waals surface area contributed by atoms with Gasteiger partial charge in [-0.05, 0) is 41.8 Å². The van der Waals surface area contributed by atoms with Crippen LogP contribution in [0.25, 0.3) is 0 Å². The maximum absolute atomic E-state index is 12.3. The zero-order valence-corrected chi connectivity index (χ0v) is 14.9. The molecule has 0 fully saturated rings. The second kappa shape index (κ2) is 8.97. The van der Waals surface area contributed by atoms with Gasteiger partial charge in [0.15, 0.2) is 0 Å². The number of nitrogens with zero attached hydrogens (tertiary/aromatic N) is 2. The van der Waals surface area contributed by atoms with E-state index >= 15 is 0 Å². The Hall–Kier alpha value is -2.92. The Kier molecular flexibility index (Phi) is 6.17. The minimum atomic E-state index is -0.167. The van der Waals surface area contributed by atoms with Gasteiger partial charge in [0.2, 0.25) is 0 Å². The zero-order valence-electron chi connectivity index (χ0n) is 14.2. The molecule has 26 heavy (non-hydrogen) atoms. The van der Waals surface area contributed by atoms with Crippen LogP contribution in [-0.2, 0) is 13.0 Å². The molecule has 0 bridgehead atoms. The molecule has 0 radical (unpaired) electrons. The second-order valence-corrected chi connectivity index (χ2v) is 6.25. The Morgan fingerprint density at radius 1 is 1.00 bits per heavy atom. The number of nitrogens with one attached hydrogen (secondary N) is 2. The van der Waals surface area contributed by atoms with E-state index in [0.717, 1.165) is 34.8 Å². The highest BCUT2D eigenvalue weighted by Crippen LogP contribution is 2.12. The predicted octanol–water partition coefficient (Wildman–Crippen LogP) is 3.71. The van der Waals surface area contributed by atoms with E-state index in [1.165, 1.54) is 0 Å². The molecule has 0 unspecified atom stereocenters. The summed E-state index contributed by atoms with van der Waals surface area (Å²) in [6, 6.07) is 13.3. The molecular weight excluding hydrogens is 348 g/mol. The first-order valence-corrected chi connectivity index (χ1v) is 8.69. The van der Waals surface area contributed by atoms with Crippen molar-refractivity contribution in [1.29, 1.82) is 0 Å². The fourth-order valence-electron chi connectivity index (χ4n) is 2.49. The molecule has 2 aromatic heterocycles. The maximum Gasteiger partial charge on any atom is 0.253 e. The second-order valence-electron chi connectivity index (χ2n) is 5.81. The molecule has 0 aliphatic heterocycles. The summed E-state index contributed by atoms with van der Waals surface area (Å²) in [4.78, 5) is 20.5. The average molecular weight is 367 g/mol. The number of hydrogen-bond donors (Lipinski definition) is 2. The molecule has 2 heterocycles. The summed E-state index contributed by atoms with van der Waals surface area (Å²) in [6.45, 7) is 1.15. The Morgan fingerprint density at radius 2 is 1.88 bits per heavy atom. The van der Waals surface area contributed by atoms with Crippen LogP contribution >= 0.6 is 11.6 Å². The third-order valence-electron chi connectivity index (χ3n) is 3.81. The molecule has 1 aromatic carbocycles. The zero-order chi connectivity index (χ0) is 18.2. The molecule has 0 aliphatic carbocycles. The van der Waals surface area contributed by atoms with Crippen LogP contribution < -0.4 is 10.6 Å². The Balaban J connectivity index is 1.53. The SMILES string of the molecule is O=C(NCc1cccnc1)c1cncc(NCCc2cccc(Cl)c2)c1. The number of benzene rings is 1. The van der Waals surface area contributed by atoms with E-state index in [0.29, 0.717) is 12.1 Å². The van der Waals surface area contributed by atoms with Crippen molar-refractivity contribution >= 4 is 23.2 Å². The van der Waals surface area contributed by atoms with Gasteiger partial charge < -0.3 is 10.6 Å². The van der Waals surface area contributed by atoms with Gasteiger partial charge in [0.1, 0.15) is 0 Å². The summed E-state index contributed by atoms with van der Waals surface area (Å²) >= 11 is 5.99. The normalized spacial score (nSPS) is 10.3. The van der Waals surface area contributed by atoms with E-state index in [1.54, 1.807) is 30.9 Å². The van der Waals surface area contributed by atoms with Crippen molar-refractivity contribution in [3.8, 4) is 0 Å². The van der Waals surface area contributed by atoms with E-state index in [2.05, 4.69) is 20.6 Å². The summed E-state index contributed by atoms with van der Waals surface area (Å²) in [6.07, 6.45) is 7.52. The van der Waals surface area contributed by atoms with Crippen LogP contribution in [-0.4, -0.2) is 22.4 Å². The fraction of sp³-hybridized carbons (Fsp3) is 0.150. The van der Waals surface area contributed by atoms with Crippen LogP contribution in [0.2, 0.25) is 5.02 Å². The van der Waals surface area contributed by atoms with Gasteiger partial charge in [0.05, 0.1) is 11.3 Å². The van der Waals surface area contributed by atoms with Crippen molar-refractivity contribution < 1.29 is 4.79 Å². The lowest BCUT2D eigenvalue weighted by Gasteiger charge is -2.09. The Morgan fingerprint density at radius 3 is 2.69 bits per heavy atom. The molecule has 3 aromatic rings. The Bertz CT molecular complexity index is 870. The minimum absolute atomic E-state index is 0.167. The standard InChI is InChI=1S/C20H19ClN4O/c21-18-5-1-3-15(9-18)6-8-24-19-10-17(13-23-14-19)20(26)25-12-16-4-2-7-22-11-16/h1-5,7,9-11,13-14,24H,6,8,12H2,(H,25,26). The minimum Gasteiger partial charge on any atom is -0.383 e. The topological polar surface area (TPSA) is 66.9 Å². The summed E-state index contributed by atoms with van der Waals surface area (Å²) in [7, 11) is 0. The van der Waals surface area contributed by atoms with Crippen molar-refractivity contribution in [2.24, 2.45) is 0 Å². The third-order valence-corrected chi connectivity index (χ3v) is 4.04. The van der Waals surface area contributed by atoms with Gasteiger partial charge in [0.25, 0.3) is 5.91 Å². The number of rotatable bonds is 7. The Labute approximate surface area is 157 Å². The predicted molar refractivity (Wildman–Crippen MR) is 103 cm³/mol. The molecule has 3 rings (SSSR count). The number of hydrogen-bond acceptors (Lipinski definition) is 4. The molecule has 0 atom stereocenters. The monoisotopic (exact) mass is 366 g/mol. The quantitative estimate of drug-likeness (QED) is 0.668. The van der Waals surface area contributed by atoms with E-state index in [1.807, 2.05) is 36.4 Å². The van der Waals surface area contributed by atoms with Crippen LogP contribution in [0.1, 0.15) is 21.5 Å². The van der Waals surface area contributed by atoms with E-state index < -0.39 is 0 Å². The number of carbonyl (C=O) groups is 1. The number of carbonyl (C=O) groups excluding carboxylic acids is 1. The molecule has 0 saturated carbocycles. The first kappa shape index (κ1) is 17.9. The van der Waals surface area contributed by atoms with Crippen molar-refractivity contribution in [3.63, 3.8) is 0 Å². The van der Waals surface area contributed by atoms with Gasteiger partial charge >= 0.3 is 0 Å². The first-order valence-electron chi connectivity index (χ1n) is 8.31. The van der Waals surface area contributed by atoms with Crippen molar-refractivity contribution in [2.75, 3.05) is 11.9 Å². The summed E-state index contributed by atoms with van der Waals surface area (Å²) < 4.78 is 0. The van der Waals surface area contributed by atoms with Gasteiger partial charge in [-0.1, -0.05) is 29.8 Å². The molecule has 132 valence electrons. The average Bonchev–Trinajstić information content (AvgIpc) is 2.67.